The van der Waals surface area contributed by atoms with Crippen molar-refractivity contribution >= 4 is 82.5 Å². The second-order valence-corrected chi connectivity index (χ2v) is 25.8. The summed E-state index contributed by atoms with van der Waals surface area (Å²) < 4.78 is 62.9. The number of hydrogen-bond donors (Lipinski definition) is 21. The van der Waals surface area contributed by atoms with E-state index in [9.17, 15) is 78.6 Å². The fourth-order valence-electron chi connectivity index (χ4n) is 12.4. The minimum absolute atomic E-state index is 0.0313. The molecule has 22 N–H and O–H groups in total. The molecule has 109 heavy (non-hydrogen) atoms. The van der Waals surface area contributed by atoms with Crippen LogP contribution in [0.4, 0.5) is 13.2 Å². The Balaban J connectivity index is 0.00000161. The molecule has 0 spiro atoms. The third kappa shape index (κ3) is 16.7. The molecule has 7 heterocycles. The van der Waals surface area contributed by atoms with Crippen molar-refractivity contribution in [1.29, 1.82) is 5.41 Å². The molecule has 1 saturated heterocycles. The molecule has 0 aliphatic carbocycles. The molecule has 572 valence electrons. The fourth-order valence-corrected chi connectivity index (χ4v) is 12.9. The van der Waals surface area contributed by atoms with E-state index in [-0.39, 0.29) is 55.8 Å². The predicted octanol–water partition coefficient (Wildman–Crippen LogP) is 3.11. The van der Waals surface area contributed by atoms with Crippen molar-refractivity contribution in [2.24, 2.45) is 5.73 Å². The Morgan fingerprint density at radius 1 is 0.596 bits per heavy atom. The summed E-state index contributed by atoms with van der Waals surface area (Å²) in [5.74, 6) is -21.0. The third-order valence-corrected chi connectivity index (χ3v) is 18.0. The summed E-state index contributed by atoms with van der Waals surface area (Å²) in [6, 6.07) is 4.38. The van der Waals surface area contributed by atoms with E-state index in [2.05, 4.69) is 42.5 Å². The SMILES string of the molecule is CC(=O)N[C@H]1[C@H](O[C@@H]2c3ccc(c(Cl)c3)Oc3cc4cc(c3O)Oc3ccc(cc3Cl)C[C@H]3NC(=O)[C@H](NC(=N)N)c5ccc(O)c(c5)Oc5cc(O)cc(c5)[C@H](NC3=O)C(=O)N[C@H]4C(=O)N[C@H]3C(=O)N[C@@H]2C(=O)N[C@@H](C(=O)O)c2cc(O)cc(O)c2-c2cc3ccc2O)O[C@H](CO)[C@@H](O)[C@@H]1O.O=C(O)C(F)(F)F. The van der Waals surface area contributed by atoms with Gasteiger partial charge in [0.15, 0.2) is 41.3 Å². The number of carboxylic acid groups (broad SMARTS) is 2. The average Bonchev–Trinajstić information content (AvgIpc) is 0.765. The van der Waals surface area contributed by atoms with E-state index in [1.807, 2.05) is 0 Å². The molecule has 7 amide bonds. The number of alkyl halides is 3. The van der Waals surface area contributed by atoms with Gasteiger partial charge >= 0.3 is 18.1 Å². The summed E-state index contributed by atoms with van der Waals surface area (Å²) in [4.78, 5) is 129. The molecule has 0 radical (unpaired) electrons. The van der Waals surface area contributed by atoms with Crippen LogP contribution in [0.1, 0.15) is 82.2 Å². The van der Waals surface area contributed by atoms with Gasteiger partial charge in [0.2, 0.25) is 47.1 Å². The molecule has 14 rings (SSSR count). The standard InChI is InChI=1S/C67H60Cl2N10O23.C2HF3O2/c1-23(81)72-53-57(89)56(88)46(22-80)101-66(53)102-58-27-5-9-42(36(69)15-27)100-45-18-29-17-44(55(45)87)99-41-8-2-24(10-35(41)68)11-37-59(90)74-50(28-12-30(82)19-32(13-28)98-43-16-26(4-7-39(43)85)49(60(91)73-37)79-67(70)71)62(93)76-51(29)63(94)75-48-25-3-6-38(84)33(14-25)47-34(20-31(83)21-40(47)86)52(65(96)97)77-64(95)54(58)78-61(48)92;3-2(4,5)1(6)7/h2-10,12-21,37,46,48-54,56-58,66,80,82-89H,11,22H2,1H3,(H,72,81)(H,73,91)(H,74,90)(H,75,94)(H,76,93)(H,77,95)(H,78,92)(H,96,97)(H4,70,71,79);(H,6,7)/t37-,46-,48-,49-,50+,51-,52-,53-,54+,56-,57-,58-,66+;/m1./s1. The number of hydrogen-bond acceptors (Lipinski definition) is 24. The number of benzene rings is 7. The first-order chi connectivity index (χ1) is 51.4. The number of rotatable bonds is 6. The van der Waals surface area contributed by atoms with Gasteiger partial charge < -0.3 is 128 Å². The Hall–Kier alpha value is -12.6. The van der Waals surface area contributed by atoms with Gasteiger partial charge in [-0.1, -0.05) is 47.5 Å². The summed E-state index contributed by atoms with van der Waals surface area (Å²) in [6.07, 6.45) is -15.4. The highest BCUT2D eigenvalue weighted by molar-refractivity contribution is 6.32. The highest BCUT2D eigenvalue weighted by atomic mass is 35.5. The maximum absolute atomic E-state index is 16.1. The maximum Gasteiger partial charge on any atom is 0.490 e. The number of aliphatic carboxylic acids is 2. The number of ether oxygens (including phenoxy) is 5. The fraction of sp³-hybridized carbons (Fsp3) is 0.246. The van der Waals surface area contributed by atoms with E-state index >= 15 is 24.0 Å². The summed E-state index contributed by atoms with van der Waals surface area (Å²) >= 11 is 14.1. The molecule has 7 aliphatic rings. The second kappa shape index (κ2) is 31.1. The largest absolute Gasteiger partial charge is 0.508 e. The maximum atomic E-state index is 16.1. The molecule has 7 aromatic rings. The molecular formula is C69H61Cl2F3N10O25. The van der Waals surface area contributed by atoms with Crippen LogP contribution in [0, 0.1) is 5.41 Å². The van der Waals surface area contributed by atoms with Crippen LogP contribution < -0.4 is 62.5 Å². The molecule has 0 unspecified atom stereocenters. The van der Waals surface area contributed by atoms with Gasteiger partial charge in [0.25, 0.3) is 0 Å². The van der Waals surface area contributed by atoms with Crippen molar-refractivity contribution in [1.82, 2.24) is 42.5 Å². The molecular weight excluding hydrogens is 1500 g/mol. The quantitative estimate of drug-likeness (QED) is 0.0840. The molecule has 17 bridgehead atoms. The van der Waals surface area contributed by atoms with E-state index < -0.39 is 231 Å². The minimum atomic E-state index is -5.08. The van der Waals surface area contributed by atoms with E-state index in [1.165, 1.54) is 36.4 Å². The molecule has 0 saturated carbocycles. The molecule has 0 aromatic heterocycles. The summed E-state index contributed by atoms with van der Waals surface area (Å²) in [6.45, 7) is 0.0115. The van der Waals surface area contributed by atoms with Crippen LogP contribution in [0.2, 0.25) is 10.0 Å². The number of nitrogens with two attached hydrogens (primary N) is 1. The lowest BCUT2D eigenvalue weighted by molar-refractivity contribution is -0.284. The van der Waals surface area contributed by atoms with E-state index in [1.54, 1.807) is 0 Å². The van der Waals surface area contributed by atoms with Gasteiger partial charge in [-0.15, -0.1) is 0 Å². The highest BCUT2D eigenvalue weighted by Gasteiger charge is 2.50. The van der Waals surface area contributed by atoms with Crippen molar-refractivity contribution in [3.63, 3.8) is 0 Å². The number of phenols is 6. The van der Waals surface area contributed by atoms with Gasteiger partial charge in [0.05, 0.1) is 16.7 Å². The first-order valence-corrected chi connectivity index (χ1v) is 32.8. The van der Waals surface area contributed by atoms with Crippen molar-refractivity contribution in [3.05, 3.63) is 164 Å². The number of halogens is 5. The van der Waals surface area contributed by atoms with Crippen molar-refractivity contribution in [2.45, 2.75) is 98.6 Å². The lowest BCUT2D eigenvalue weighted by Gasteiger charge is -2.44. The Labute approximate surface area is 619 Å². The van der Waals surface area contributed by atoms with E-state index in [4.69, 9.17) is 67.9 Å². The topological polar surface area (TPSA) is 568 Å². The van der Waals surface area contributed by atoms with Crippen LogP contribution in [0.3, 0.4) is 0 Å². The number of fused-ring (bicyclic) bond motifs is 14. The average molecular weight is 1560 g/mol. The molecule has 40 heteroatoms. The van der Waals surface area contributed by atoms with Crippen molar-refractivity contribution < 1.29 is 136 Å². The zero-order valence-corrected chi connectivity index (χ0v) is 57.0. The number of aliphatic hydroxyl groups is 3. The number of carbonyl (C=O) groups is 9. The molecule has 1 fully saturated rings. The number of carboxylic acids is 2. The van der Waals surface area contributed by atoms with Crippen LogP contribution in [0.5, 0.6) is 69.0 Å². The number of phenolic OH excluding ortho intramolecular Hbond substituents is 6. The molecule has 13 atom stereocenters. The smallest absolute Gasteiger partial charge is 0.490 e. The zero-order valence-electron chi connectivity index (χ0n) is 55.5. The highest BCUT2D eigenvalue weighted by Crippen LogP contribution is 2.49. The van der Waals surface area contributed by atoms with Crippen LogP contribution in [-0.2, 0) is 59.0 Å². The lowest BCUT2D eigenvalue weighted by Crippen LogP contribution is -2.65. The molecule has 7 aromatic carbocycles. The summed E-state index contributed by atoms with van der Waals surface area (Å²) in [5.41, 5.74) is 2.96. The Bertz CT molecular complexity index is 4900. The first kappa shape index (κ1) is 77.5. The number of guanidine groups is 1. The summed E-state index contributed by atoms with van der Waals surface area (Å²) in [5, 5.41) is 148. The number of aliphatic hydroxyl groups excluding tert-OH is 3. The summed E-state index contributed by atoms with van der Waals surface area (Å²) in [7, 11) is 0. The monoisotopic (exact) mass is 1560 g/mol. The normalized spacial score (nSPS) is 23.9. The van der Waals surface area contributed by atoms with E-state index in [0.29, 0.717) is 0 Å². The van der Waals surface area contributed by atoms with Gasteiger partial charge in [-0.3, -0.25) is 39.0 Å². The zero-order chi connectivity index (χ0) is 79.1. The third-order valence-electron chi connectivity index (χ3n) is 17.4. The number of amides is 7. The van der Waals surface area contributed by atoms with Gasteiger partial charge in [0, 0.05) is 42.2 Å². The van der Waals surface area contributed by atoms with Crippen molar-refractivity contribution in [3.8, 4) is 80.1 Å². The van der Waals surface area contributed by atoms with E-state index in [0.717, 1.165) is 85.8 Å². The predicted molar refractivity (Wildman–Crippen MR) is 364 cm³/mol. The van der Waals surface area contributed by atoms with Crippen molar-refractivity contribution in [2.75, 3.05) is 6.61 Å². The molecule has 35 nitrogen and oxygen atoms in total. The number of aromatic hydroxyl groups is 6. The van der Waals surface area contributed by atoms with Gasteiger partial charge in [0.1, 0.15) is 107 Å². The van der Waals surface area contributed by atoms with Crippen LogP contribution >= 0.6 is 23.2 Å². The Morgan fingerprint density at radius 2 is 1.17 bits per heavy atom. The lowest BCUT2D eigenvalue weighted by atomic mass is 9.89. The van der Waals surface area contributed by atoms with Gasteiger partial charge in [-0.05, 0) is 112 Å². The number of nitrogens with one attached hydrogen (secondary N) is 9. The van der Waals surface area contributed by atoms with Crippen LogP contribution in [0.25, 0.3) is 11.1 Å². The Morgan fingerprint density at radius 3 is 1.77 bits per heavy atom. The first-order valence-electron chi connectivity index (χ1n) is 32.0. The van der Waals surface area contributed by atoms with Gasteiger partial charge in [-0.2, -0.15) is 13.2 Å². The van der Waals surface area contributed by atoms with Crippen LogP contribution in [-0.4, -0.2) is 171 Å². The van der Waals surface area contributed by atoms with Gasteiger partial charge in [-0.25, -0.2) is 9.59 Å². The second-order valence-electron chi connectivity index (χ2n) is 25.0. The van der Waals surface area contributed by atoms with Crippen LogP contribution in [0.15, 0.2) is 115 Å². The molecule has 7 aliphatic heterocycles. The minimum Gasteiger partial charge on any atom is -0.508 e. The Kier molecular flexibility index (Phi) is 22.1. The number of carbonyl (C=O) groups excluding carboxylic acids is 7.